The molecule has 5 heteroatoms. The van der Waals surface area contributed by atoms with Crippen molar-refractivity contribution >= 4 is 23.5 Å². The number of amides is 4. The Morgan fingerprint density at radius 1 is 0.950 bits per heavy atom. The number of anilines is 1. The van der Waals surface area contributed by atoms with Gasteiger partial charge in [-0.3, -0.25) is 14.9 Å². The highest BCUT2D eigenvalue weighted by atomic mass is 16.2. The summed E-state index contributed by atoms with van der Waals surface area (Å²) < 4.78 is 0. The van der Waals surface area contributed by atoms with E-state index in [4.69, 9.17) is 0 Å². The Balaban J connectivity index is 2.01. The summed E-state index contributed by atoms with van der Waals surface area (Å²) >= 11 is 0. The van der Waals surface area contributed by atoms with Gasteiger partial charge in [0, 0.05) is 0 Å². The minimum absolute atomic E-state index is 0.378. The summed E-state index contributed by atoms with van der Waals surface area (Å²) in [6.07, 6.45) is 3.76. The van der Waals surface area contributed by atoms with Crippen molar-refractivity contribution in [1.82, 2.24) is 5.32 Å². The van der Waals surface area contributed by atoms with Crippen LogP contribution in [0, 0.1) is 5.41 Å². The normalized spacial score (nSPS) is 22.0. The van der Waals surface area contributed by atoms with Crippen LogP contribution in [0.15, 0.2) is 30.3 Å². The first kappa shape index (κ1) is 12.8. The summed E-state index contributed by atoms with van der Waals surface area (Å²) in [6, 6.07) is 8.09. The number of rotatable bonds is 1. The largest absolute Gasteiger partial charge is 0.335 e. The first-order chi connectivity index (χ1) is 9.65. The number of barbiturate groups is 1. The van der Waals surface area contributed by atoms with Gasteiger partial charge < -0.3 is 0 Å². The Labute approximate surface area is 116 Å². The van der Waals surface area contributed by atoms with Gasteiger partial charge in [0.2, 0.25) is 5.91 Å². The fourth-order valence-electron chi connectivity index (χ4n) is 3.08. The molecule has 0 radical (unpaired) electrons. The van der Waals surface area contributed by atoms with Gasteiger partial charge in [0.05, 0.1) is 5.69 Å². The van der Waals surface area contributed by atoms with E-state index in [0.717, 1.165) is 24.2 Å². The van der Waals surface area contributed by atoms with Crippen LogP contribution in [0.3, 0.4) is 0 Å². The number of carbonyl (C=O) groups is 3. The number of hydrogen-bond donors (Lipinski definition) is 1. The predicted octanol–water partition coefficient (Wildman–Crippen LogP) is 2.22. The van der Waals surface area contributed by atoms with Gasteiger partial charge in [-0.2, -0.15) is 0 Å². The Morgan fingerprint density at radius 2 is 1.60 bits per heavy atom. The number of imide groups is 2. The van der Waals surface area contributed by atoms with Crippen molar-refractivity contribution in [1.29, 1.82) is 0 Å². The molecular weight excluding hydrogens is 256 g/mol. The maximum atomic E-state index is 12.8. The molecule has 0 bridgehead atoms. The zero-order chi connectivity index (χ0) is 14.2. The van der Waals surface area contributed by atoms with E-state index in [1.165, 1.54) is 0 Å². The van der Waals surface area contributed by atoms with E-state index in [-0.39, 0.29) is 5.91 Å². The summed E-state index contributed by atoms with van der Waals surface area (Å²) in [6.45, 7) is 0. The van der Waals surface area contributed by atoms with Crippen LogP contribution in [-0.2, 0) is 9.59 Å². The number of hydrogen-bond acceptors (Lipinski definition) is 3. The van der Waals surface area contributed by atoms with Crippen LogP contribution in [0.2, 0.25) is 0 Å². The van der Waals surface area contributed by atoms with Crippen molar-refractivity contribution in [2.45, 2.75) is 32.1 Å². The molecule has 1 aromatic carbocycles. The van der Waals surface area contributed by atoms with Crippen molar-refractivity contribution in [3.63, 3.8) is 0 Å². The molecule has 0 aromatic heterocycles. The van der Waals surface area contributed by atoms with Gasteiger partial charge in [-0.25, -0.2) is 9.69 Å². The first-order valence-corrected chi connectivity index (χ1v) is 6.90. The third kappa shape index (κ3) is 1.81. The standard InChI is InChI=1S/C15H16N2O3/c18-12-15(9-5-2-6-10-15)13(19)17(14(20)16-12)11-7-3-1-4-8-11/h1,3-4,7-8H,2,5-6,9-10H2,(H,16,18,20). The third-order valence-corrected chi connectivity index (χ3v) is 4.19. The number of urea groups is 1. The average molecular weight is 272 g/mol. The molecule has 3 rings (SSSR count). The van der Waals surface area contributed by atoms with Crippen LogP contribution in [0.25, 0.3) is 0 Å². The molecule has 20 heavy (non-hydrogen) atoms. The molecule has 104 valence electrons. The summed E-state index contributed by atoms with van der Waals surface area (Å²) in [5.41, 5.74) is -0.547. The van der Waals surface area contributed by atoms with Gasteiger partial charge >= 0.3 is 6.03 Å². The minimum Gasteiger partial charge on any atom is -0.276 e. The van der Waals surface area contributed by atoms with Gasteiger partial charge in [-0.15, -0.1) is 0 Å². The zero-order valence-corrected chi connectivity index (χ0v) is 11.1. The molecule has 1 aromatic rings. The lowest BCUT2D eigenvalue weighted by Crippen LogP contribution is -2.64. The number of para-hydroxylation sites is 1. The molecule has 2 aliphatic rings. The van der Waals surface area contributed by atoms with E-state index in [1.807, 2.05) is 6.07 Å². The lowest BCUT2D eigenvalue weighted by molar-refractivity contribution is -0.144. The number of carbonyl (C=O) groups excluding carboxylic acids is 3. The van der Waals surface area contributed by atoms with Gasteiger partial charge in [0.15, 0.2) is 0 Å². The van der Waals surface area contributed by atoms with Gasteiger partial charge in [0.1, 0.15) is 5.41 Å². The molecule has 0 unspecified atom stereocenters. The monoisotopic (exact) mass is 272 g/mol. The highest BCUT2D eigenvalue weighted by molar-refractivity contribution is 6.29. The van der Waals surface area contributed by atoms with Crippen molar-refractivity contribution in [2.24, 2.45) is 5.41 Å². The van der Waals surface area contributed by atoms with Crippen LogP contribution in [-0.4, -0.2) is 17.8 Å². The molecule has 1 saturated carbocycles. The van der Waals surface area contributed by atoms with Crippen molar-refractivity contribution in [3.05, 3.63) is 30.3 Å². The molecular formula is C15H16N2O3. The Bertz CT molecular complexity index is 562. The van der Waals surface area contributed by atoms with Crippen LogP contribution in [0.4, 0.5) is 10.5 Å². The number of benzene rings is 1. The fourth-order valence-corrected chi connectivity index (χ4v) is 3.08. The van der Waals surface area contributed by atoms with E-state index in [1.54, 1.807) is 24.3 Å². The van der Waals surface area contributed by atoms with Gasteiger partial charge in [-0.05, 0) is 25.0 Å². The third-order valence-electron chi connectivity index (χ3n) is 4.19. The van der Waals surface area contributed by atoms with E-state index >= 15 is 0 Å². The van der Waals surface area contributed by atoms with E-state index in [9.17, 15) is 14.4 Å². The highest BCUT2D eigenvalue weighted by Crippen LogP contribution is 2.41. The zero-order valence-electron chi connectivity index (χ0n) is 11.1. The maximum Gasteiger partial charge on any atom is 0.335 e. The van der Waals surface area contributed by atoms with Gasteiger partial charge in [-0.1, -0.05) is 37.5 Å². The van der Waals surface area contributed by atoms with Gasteiger partial charge in [0.25, 0.3) is 5.91 Å². The molecule has 2 fully saturated rings. The molecule has 1 aliphatic carbocycles. The Kier molecular flexibility index (Phi) is 3.04. The maximum absolute atomic E-state index is 12.8. The second kappa shape index (κ2) is 4.74. The SMILES string of the molecule is O=C1NC(=O)C2(CCCCC2)C(=O)N1c1ccccc1. The summed E-state index contributed by atoms with van der Waals surface area (Å²) in [5.74, 6) is -0.809. The van der Waals surface area contributed by atoms with Crippen molar-refractivity contribution < 1.29 is 14.4 Å². The second-order valence-electron chi connectivity index (χ2n) is 5.38. The lowest BCUT2D eigenvalue weighted by atomic mass is 9.71. The van der Waals surface area contributed by atoms with Crippen molar-refractivity contribution in [2.75, 3.05) is 4.90 Å². The molecule has 1 N–H and O–H groups in total. The number of nitrogens with zero attached hydrogens (tertiary/aromatic N) is 1. The molecule has 1 saturated heterocycles. The molecule has 1 heterocycles. The lowest BCUT2D eigenvalue weighted by Gasteiger charge is -2.41. The van der Waals surface area contributed by atoms with Crippen molar-refractivity contribution in [3.8, 4) is 0 Å². The molecule has 1 aliphatic heterocycles. The summed E-state index contributed by atoms with van der Waals surface area (Å²) in [7, 11) is 0. The minimum atomic E-state index is -1.05. The fraction of sp³-hybridized carbons (Fsp3) is 0.400. The van der Waals surface area contributed by atoms with E-state index in [0.29, 0.717) is 18.5 Å². The summed E-state index contributed by atoms with van der Waals surface area (Å²) in [5, 5.41) is 2.35. The van der Waals surface area contributed by atoms with E-state index in [2.05, 4.69) is 5.32 Å². The second-order valence-corrected chi connectivity index (χ2v) is 5.38. The topological polar surface area (TPSA) is 66.5 Å². The van der Waals surface area contributed by atoms with Crippen LogP contribution >= 0.6 is 0 Å². The first-order valence-electron chi connectivity index (χ1n) is 6.90. The highest BCUT2D eigenvalue weighted by Gasteiger charge is 2.54. The molecule has 0 atom stereocenters. The smallest absolute Gasteiger partial charge is 0.276 e. The molecule has 5 nitrogen and oxygen atoms in total. The number of nitrogens with one attached hydrogen (secondary N) is 1. The van der Waals surface area contributed by atoms with Crippen LogP contribution in [0.1, 0.15) is 32.1 Å². The van der Waals surface area contributed by atoms with E-state index < -0.39 is 17.4 Å². The molecule has 1 spiro atoms. The molecule has 4 amide bonds. The average Bonchev–Trinajstić information content (AvgIpc) is 2.48. The Hall–Kier alpha value is -2.17. The van der Waals surface area contributed by atoms with Crippen LogP contribution < -0.4 is 10.2 Å². The van der Waals surface area contributed by atoms with Crippen LogP contribution in [0.5, 0.6) is 0 Å². The summed E-state index contributed by atoms with van der Waals surface area (Å²) in [4.78, 5) is 38.1. The predicted molar refractivity (Wildman–Crippen MR) is 73.0 cm³/mol. The quantitative estimate of drug-likeness (QED) is 0.797. The Morgan fingerprint density at radius 3 is 2.25 bits per heavy atom.